The van der Waals surface area contributed by atoms with Gasteiger partial charge in [0.25, 0.3) is 0 Å². The highest BCUT2D eigenvalue weighted by Crippen LogP contribution is 2.24. The maximum Gasteiger partial charge on any atom is 0.228 e. The molecule has 1 saturated heterocycles. The van der Waals surface area contributed by atoms with Gasteiger partial charge in [-0.25, -0.2) is 0 Å². The normalized spacial score (nSPS) is 20.1. The van der Waals surface area contributed by atoms with Crippen molar-refractivity contribution >= 4 is 17.7 Å². The largest absolute Gasteiger partial charge is 0.356 e. The molecule has 1 aromatic rings. The average molecular weight is 311 g/mol. The quantitative estimate of drug-likeness (QED) is 0.672. The fourth-order valence-electron chi connectivity index (χ4n) is 2.33. The van der Waals surface area contributed by atoms with E-state index >= 15 is 0 Å². The Morgan fingerprint density at radius 2 is 2.38 bits per heavy atom. The molecule has 21 heavy (non-hydrogen) atoms. The number of nitrogens with zero attached hydrogens (tertiary/aromatic N) is 4. The maximum atomic E-state index is 5.12. The molecule has 0 spiro atoms. The first-order valence-electron chi connectivity index (χ1n) is 7.46. The first-order chi connectivity index (χ1) is 10.1. The number of aryl methyl sites for hydroxylation is 1. The molecule has 0 amide bonds. The second-order valence-corrected chi connectivity index (χ2v) is 6.91. The van der Waals surface area contributed by atoms with Crippen LogP contribution in [0.5, 0.6) is 0 Å². The molecule has 1 atom stereocenters. The number of aliphatic imine (C=N–C) groups is 1. The lowest BCUT2D eigenvalue weighted by Crippen LogP contribution is -2.49. The maximum absolute atomic E-state index is 5.12. The van der Waals surface area contributed by atoms with Crippen molar-refractivity contribution in [1.29, 1.82) is 0 Å². The van der Waals surface area contributed by atoms with E-state index in [1.54, 1.807) is 0 Å². The minimum absolute atomic E-state index is 0.671. The van der Waals surface area contributed by atoms with Crippen LogP contribution in [0, 0.1) is 12.8 Å². The minimum atomic E-state index is 0.671. The Kier molecular flexibility index (Phi) is 5.90. The molecule has 1 aliphatic rings. The number of rotatable bonds is 4. The van der Waals surface area contributed by atoms with Gasteiger partial charge in [0.05, 0.1) is 0 Å². The van der Waals surface area contributed by atoms with Gasteiger partial charge < -0.3 is 14.7 Å². The van der Waals surface area contributed by atoms with Crippen LogP contribution in [0.15, 0.2) is 9.52 Å². The highest BCUT2D eigenvalue weighted by molar-refractivity contribution is 8.00. The van der Waals surface area contributed by atoms with Gasteiger partial charge >= 0.3 is 0 Å². The van der Waals surface area contributed by atoms with Gasteiger partial charge in [0.2, 0.25) is 5.89 Å². The molecule has 0 aromatic carbocycles. The first-order valence-corrected chi connectivity index (χ1v) is 8.51. The summed E-state index contributed by atoms with van der Waals surface area (Å²) >= 11 is 2.07. The average Bonchev–Trinajstić information content (AvgIpc) is 2.89. The summed E-state index contributed by atoms with van der Waals surface area (Å²) in [6.07, 6.45) is 0.718. The molecule has 1 aliphatic heterocycles. The Labute approximate surface area is 130 Å². The molecule has 1 N–H and O–H groups in total. The van der Waals surface area contributed by atoms with Crippen molar-refractivity contribution in [2.75, 3.05) is 32.4 Å². The van der Waals surface area contributed by atoms with E-state index in [4.69, 9.17) is 4.52 Å². The van der Waals surface area contributed by atoms with Crippen molar-refractivity contribution in [2.45, 2.75) is 32.4 Å². The SMILES string of the molecule is CN=C(NCCc1nc(C)no1)N1CCSC(C(C)C)C1. The summed E-state index contributed by atoms with van der Waals surface area (Å²) in [6, 6.07) is 0. The van der Waals surface area contributed by atoms with Gasteiger partial charge in [0.15, 0.2) is 11.8 Å². The highest BCUT2D eigenvalue weighted by atomic mass is 32.2. The Morgan fingerprint density at radius 3 is 3.00 bits per heavy atom. The number of aromatic nitrogens is 2. The van der Waals surface area contributed by atoms with E-state index < -0.39 is 0 Å². The van der Waals surface area contributed by atoms with Crippen LogP contribution in [0.4, 0.5) is 0 Å². The van der Waals surface area contributed by atoms with Crippen LogP contribution in [0.2, 0.25) is 0 Å². The van der Waals surface area contributed by atoms with Crippen molar-refractivity contribution < 1.29 is 4.52 Å². The molecule has 0 radical (unpaired) electrons. The van der Waals surface area contributed by atoms with Crippen molar-refractivity contribution in [3.05, 3.63) is 11.7 Å². The standard InChI is InChI=1S/C14H25N5OS/c1-10(2)12-9-19(7-8-21-12)14(15-4)16-6-5-13-17-11(3)18-20-13/h10,12H,5-9H2,1-4H3,(H,15,16). The summed E-state index contributed by atoms with van der Waals surface area (Å²) < 4.78 is 5.12. The van der Waals surface area contributed by atoms with Crippen LogP contribution in [-0.2, 0) is 6.42 Å². The molecule has 1 fully saturated rings. The third-order valence-electron chi connectivity index (χ3n) is 3.54. The van der Waals surface area contributed by atoms with Crippen LogP contribution in [-0.4, -0.2) is 58.7 Å². The van der Waals surface area contributed by atoms with Gasteiger partial charge in [0, 0.05) is 44.1 Å². The highest BCUT2D eigenvalue weighted by Gasteiger charge is 2.24. The molecule has 2 heterocycles. The first kappa shape index (κ1) is 16.1. The second kappa shape index (κ2) is 7.68. The zero-order chi connectivity index (χ0) is 15.2. The van der Waals surface area contributed by atoms with Crippen LogP contribution in [0.25, 0.3) is 0 Å². The lowest BCUT2D eigenvalue weighted by Gasteiger charge is -2.36. The second-order valence-electron chi connectivity index (χ2n) is 5.56. The van der Waals surface area contributed by atoms with Crippen LogP contribution >= 0.6 is 11.8 Å². The Bertz CT molecular complexity index is 474. The van der Waals surface area contributed by atoms with Gasteiger partial charge in [-0.05, 0) is 12.8 Å². The molecular formula is C14H25N5OS. The van der Waals surface area contributed by atoms with Crippen molar-refractivity contribution in [1.82, 2.24) is 20.4 Å². The van der Waals surface area contributed by atoms with E-state index in [2.05, 4.69) is 51.0 Å². The van der Waals surface area contributed by atoms with E-state index in [1.807, 2.05) is 14.0 Å². The van der Waals surface area contributed by atoms with E-state index in [9.17, 15) is 0 Å². The third kappa shape index (κ3) is 4.62. The third-order valence-corrected chi connectivity index (χ3v) is 5.08. The molecular weight excluding hydrogens is 286 g/mol. The lowest BCUT2D eigenvalue weighted by atomic mass is 10.1. The summed E-state index contributed by atoms with van der Waals surface area (Å²) in [5, 5.41) is 7.87. The molecule has 2 rings (SSSR count). The number of thioether (sulfide) groups is 1. The van der Waals surface area contributed by atoms with Gasteiger partial charge in [0.1, 0.15) is 0 Å². The number of hydrogen-bond acceptors (Lipinski definition) is 5. The summed E-state index contributed by atoms with van der Waals surface area (Å²) in [7, 11) is 1.84. The molecule has 0 bridgehead atoms. The van der Waals surface area contributed by atoms with Crippen LogP contribution in [0.3, 0.4) is 0 Å². The molecule has 6 nitrogen and oxygen atoms in total. The number of nitrogens with one attached hydrogen (secondary N) is 1. The van der Waals surface area contributed by atoms with Crippen molar-refractivity contribution in [2.24, 2.45) is 10.9 Å². The molecule has 118 valence electrons. The van der Waals surface area contributed by atoms with Gasteiger partial charge in [-0.1, -0.05) is 19.0 Å². The minimum Gasteiger partial charge on any atom is -0.356 e. The number of hydrogen-bond donors (Lipinski definition) is 1. The van der Waals surface area contributed by atoms with Crippen molar-refractivity contribution in [3.63, 3.8) is 0 Å². The zero-order valence-corrected chi connectivity index (χ0v) is 14.1. The van der Waals surface area contributed by atoms with E-state index in [-0.39, 0.29) is 0 Å². The van der Waals surface area contributed by atoms with Gasteiger partial charge in [-0.15, -0.1) is 0 Å². The Balaban J connectivity index is 1.82. The fourth-order valence-corrected chi connectivity index (χ4v) is 3.63. The van der Waals surface area contributed by atoms with Crippen LogP contribution in [0.1, 0.15) is 25.6 Å². The molecule has 0 saturated carbocycles. The Hall–Kier alpha value is -1.24. The van der Waals surface area contributed by atoms with Gasteiger partial charge in [-0.2, -0.15) is 16.7 Å². The molecule has 1 unspecified atom stereocenters. The summed E-state index contributed by atoms with van der Waals surface area (Å²) in [5.41, 5.74) is 0. The predicted octanol–water partition coefficient (Wildman–Crippen LogP) is 1.57. The lowest BCUT2D eigenvalue weighted by molar-refractivity contribution is 0.367. The summed E-state index contributed by atoms with van der Waals surface area (Å²) in [6.45, 7) is 9.26. The smallest absolute Gasteiger partial charge is 0.228 e. The van der Waals surface area contributed by atoms with E-state index in [0.717, 1.165) is 37.8 Å². The fraction of sp³-hybridized carbons (Fsp3) is 0.786. The van der Waals surface area contributed by atoms with Crippen molar-refractivity contribution in [3.8, 4) is 0 Å². The van der Waals surface area contributed by atoms with E-state index in [0.29, 0.717) is 22.9 Å². The molecule has 1 aromatic heterocycles. The summed E-state index contributed by atoms with van der Waals surface area (Å²) in [5.74, 6) is 4.17. The Morgan fingerprint density at radius 1 is 1.57 bits per heavy atom. The molecule has 7 heteroatoms. The van der Waals surface area contributed by atoms with E-state index in [1.165, 1.54) is 0 Å². The van der Waals surface area contributed by atoms with Gasteiger partial charge in [-0.3, -0.25) is 4.99 Å². The topological polar surface area (TPSA) is 66.5 Å². The predicted molar refractivity (Wildman–Crippen MR) is 86.8 cm³/mol. The van der Waals surface area contributed by atoms with Crippen LogP contribution < -0.4 is 5.32 Å². The number of guanidine groups is 1. The zero-order valence-electron chi connectivity index (χ0n) is 13.3. The monoisotopic (exact) mass is 311 g/mol. The summed E-state index contributed by atoms with van der Waals surface area (Å²) in [4.78, 5) is 11.0. The molecule has 0 aliphatic carbocycles.